The molecule has 150 valence electrons. The molecule has 0 aliphatic carbocycles. The van der Waals surface area contributed by atoms with Gasteiger partial charge in [-0.25, -0.2) is 9.48 Å². The number of benzene rings is 1. The molecule has 0 saturated heterocycles. The summed E-state index contributed by atoms with van der Waals surface area (Å²) in [4.78, 5) is 27.8. The number of anilines is 2. The van der Waals surface area contributed by atoms with Crippen molar-refractivity contribution in [2.75, 3.05) is 10.6 Å². The summed E-state index contributed by atoms with van der Waals surface area (Å²) in [6, 6.07) is 10.5. The molecule has 3 aromatic rings. The normalized spacial score (nSPS) is 11.6. The molecule has 0 radical (unpaired) electrons. The fourth-order valence-electron chi connectivity index (χ4n) is 2.64. The summed E-state index contributed by atoms with van der Waals surface area (Å²) in [6.45, 7) is 3.14. The summed E-state index contributed by atoms with van der Waals surface area (Å²) in [7, 11) is 1.63. The van der Waals surface area contributed by atoms with Gasteiger partial charge < -0.3 is 10.1 Å². The molecule has 1 aromatic carbocycles. The number of pyridine rings is 1. The Balaban J connectivity index is 1.75. The molecule has 29 heavy (non-hydrogen) atoms. The number of carbonyl (C=O) groups excluding carboxylic acids is 2. The predicted molar refractivity (Wildman–Crippen MR) is 109 cm³/mol. The molecular weight excluding hydrogens is 396 g/mol. The Bertz CT molecular complexity index is 1030. The Morgan fingerprint density at radius 1 is 1.17 bits per heavy atom. The van der Waals surface area contributed by atoms with Crippen LogP contribution in [0.3, 0.4) is 0 Å². The Hall–Kier alpha value is -3.46. The van der Waals surface area contributed by atoms with Crippen molar-refractivity contribution < 1.29 is 14.3 Å². The van der Waals surface area contributed by atoms with E-state index in [0.717, 1.165) is 0 Å². The van der Waals surface area contributed by atoms with Crippen molar-refractivity contribution in [3.05, 3.63) is 53.2 Å². The van der Waals surface area contributed by atoms with E-state index in [0.29, 0.717) is 33.5 Å². The molecule has 0 spiro atoms. The molecule has 0 bridgehead atoms. The highest BCUT2D eigenvalue weighted by Gasteiger charge is 2.20. The molecule has 2 amide bonds. The maximum absolute atomic E-state index is 12.4. The first kappa shape index (κ1) is 20.3. The molecule has 2 N–H and O–H groups in total. The number of hydrogen-bond donors (Lipinski definition) is 2. The van der Waals surface area contributed by atoms with E-state index in [-0.39, 0.29) is 5.91 Å². The second-order valence-corrected chi connectivity index (χ2v) is 6.62. The molecule has 0 aliphatic rings. The molecule has 10 heteroatoms. The lowest BCUT2D eigenvalue weighted by atomic mass is 10.1. The van der Waals surface area contributed by atoms with Crippen LogP contribution in [0.1, 0.15) is 25.5 Å². The number of aromatic nitrogens is 4. The number of ether oxygens (including phenoxy) is 1. The zero-order chi connectivity index (χ0) is 21.0. The van der Waals surface area contributed by atoms with Crippen molar-refractivity contribution in [2.45, 2.75) is 20.0 Å². The van der Waals surface area contributed by atoms with Gasteiger partial charge in [0.05, 0.1) is 17.6 Å². The minimum absolute atomic E-state index is 0.197. The molecule has 9 nitrogen and oxygen atoms in total. The third kappa shape index (κ3) is 4.88. The standard InChI is InChI=1S/C19H19ClN6O3/c1-11(14-6-4-5-7-15(14)20)29-19(28)23-18-17(24-25-26(18)3)16-9-8-13(10-21-16)22-12(2)27/h4-11H,1-3H3,(H,22,27)(H,23,28)/t11-/m1/s1. The van der Waals surface area contributed by atoms with Crippen molar-refractivity contribution in [1.29, 1.82) is 0 Å². The Labute approximate surface area is 172 Å². The molecule has 2 aromatic heterocycles. The molecule has 3 rings (SSSR count). The fourth-order valence-corrected chi connectivity index (χ4v) is 2.93. The minimum atomic E-state index is -0.682. The van der Waals surface area contributed by atoms with Gasteiger partial charge in [0.15, 0.2) is 11.5 Å². The lowest BCUT2D eigenvalue weighted by Crippen LogP contribution is -2.18. The van der Waals surface area contributed by atoms with Crippen LogP contribution in [0.4, 0.5) is 16.3 Å². The number of halogens is 1. The second kappa shape index (κ2) is 8.70. The zero-order valence-corrected chi connectivity index (χ0v) is 16.8. The van der Waals surface area contributed by atoms with Crippen LogP contribution in [0, 0.1) is 0 Å². The van der Waals surface area contributed by atoms with Gasteiger partial charge in [0.2, 0.25) is 5.91 Å². The van der Waals surface area contributed by atoms with Gasteiger partial charge in [-0.15, -0.1) is 5.10 Å². The lowest BCUT2D eigenvalue weighted by molar-refractivity contribution is -0.114. The van der Waals surface area contributed by atoms with Crippen LogP contribution in [0.2, 0.25) is 5.02 Å². The Morgan fingerprint density at radius 3 is 2.59 bits per heavy atom. The van der Waals surface area contributed by atoms with Crippen molar-refractivity contribution >= 4 is 35.1 Å². The molecule has 0 fully saturated rings. The van der Waals surface area contributed by atoms with E-state index in [9.17, 15) is 9.59 Å². The van der Waals surface area contributed by atoms with Gasteiger partial charge >= 0.3 is 6.09 Å². The van der Waals surface area contributed by atoms with Crippen LogP contribution in [0.25, 0.3) is 11.4 Å². The molecule has 0 aliphatic heterocycles. The monoisotopic (exact) mass is 414 g/mol. The van der Waals surface area contributed by atoms with Crippen LogP contribution in [0.5, 0.6) is 0 Å². The number of hydrogen-bond acceptors (Lipinski definition) is 6. The first-order valence-electron chi connectivity index (χ1n) is 8.71. The van der Waals surface area contributed by atoms with Crippen molar-refractivity contribution in [2.24, 2.45) is 7.05 Å². The van der Waals surface area contributed by atoms with Crippen LogP contribution >= 0.6 is 11.6 Å². The van der Waals surface area contributed by atoms with E-state index in [1.165, 1.54) is 17.8 Å². The van der Waals surface area contributed by atoms with Crippen molar-refractivity contribution in [1.82, 2.24) is 20.0 Å². The zero-order valence-electron chi connectivity index (χ0n) is 16.0. The van der Waals surface area contributed by atoms with Gasteiger partial charge in [-0.05, 0) is 25.1 Å². The highest BCUT2D eigenvalue weighted by molar-refractivity contribution is 6.31. The molecule has 1 atom stereocenters. The predicted octanol–water partition coefficient (Wildman–Crippen LogP) is 3.80. The lowest BCUT2D eigenvalue weighted by Gasteiger charge is -2.15. The highest BCUT2D eigenvalue weighted by atomic mass is 35.5. The number of nitrogens with zero attached hydrogens (tertiary/aromatic N) is 4. The fraction of sp³-hybridized carbons (Fsp3) is 0.211. The first-order valence-corrected chi connectivity index (χ1v) is 9.08. The van der Waals surface area contributed by atoms with E-state index in [2.05, 4.69) is 25.9 Å². The van der Waals surface area contributed by atoms with Crippen molar-refractivity contribution in [3.8, 4) is 11.4 Å². The molecular formula is C19H19ClN6O3. The van der Waals surface area contributed by atoms with Crippen LogP contribution in [-0.4, -0.2) is 32.0 Å². The van der Waals surface area contributed by atoms with Crippen molar-refractivity contribution in [3.63, 3.8) is 0 Å². The van der Waals surface area contributed by atoms with E-state index in [1.54, 1.807) is 44.3 Å². The first-order chi connectivity index (χ1) is 13.8. The van der Waals surface area contributed by atoms with E-state index in [1.807, 2.05) is 6.07 Å². The van der Waals surface area contributed by atoms with Gasteiger partial charge in [0.1, 0.15) is 6.10 Å². The summed E-state index contributed by atoms with van der Waals surface area (Å²) >= 11 is 6.15. The number of carbonyl (C=O) groups is 2. The third-order valence-corrected chi connectivity index (χ3v) is 4.34. The van der Waals surface area contributed by atoms with Gasteiger partial charge in [-0.1, -0.05) is 35.0 Å². The highest BCUT2D eigenvalue weighted by Crippen LogP contribution is 2.27. The van der Waals surface area contributed by atoms with Crippen LogP contribution < -0.4 is 10.6 Å². The maximum atomic E-state index is 12.4. The second-order valence-electron chi connectivity index (χ2n) is 6.22. The van der Waals surface area contributed by atoms with Crippen LogP contribution in [0.15, 0.2) is 42.6 Å². The minimum Gasteiger partial charge on any atom is -0.441 e. The van der Waals surface area contributed by atoms with Crippen LogP contribution in [-0.2, 0) is 16.6 Å². The maximum Gasteiger partial charge on any atom is 0.413 e. The number of aryl methyl sites for hydroxylation is 1. The number of rotatable bonds is 5. The summed E-state index contributed by atoms with van der Waals surface area (Å²) in [5, 5.41) is 13.8. The van der Waals surface area contributed by atoms with Gasteiger partial charge in [0, 0.05) is 24.6 Å². The SMILES string of the molecule is CC(=O)Nc1ccc(-c2nnn(C)c2NC(=O)O[C@H](C)c2ccccc2Cl)nc1. The molecule has 2 heterocycles. The summed E-state index contributed by atoms with van der Waals surface area (Å²) in [6.07, 6.45) is 0.259. The van der Waals surface area contributed by atoms with Gasteiger partial charge in [0.25, 0.3) is 0 Å². The largest absolute Gasteiger partial charge is 0.441 e. The summed E-state index contributed by atoms with van der Waals surface area (Å²) < 4.78 is 6.83. The van der Waals surface area contributed by atoms with E-state index in [4.69, 9.17) is 16.3 Å². The topological polar surface area (TPSA) is 111 Å². The summed E-state index contributed by atoms with van der Waals surface area (Å²) in [5.41, 5.74) is 2.08. The van der Waals surface area contributed by atoms with Gasteiger partial charge in [-0.2, -0.15) is 0 Å². The molecule has 0 unspecified atom stereocenters. The Kier molecular flexibility index (Phi) is 6.08. The molecule has 0 saturated carbocycles. The average molecular weight is 415 g/mol. The van der Waals surface area contributed by atoms with Gasteiger partial charge in [-0.3, -0.25) is 15.1 Å². The smallest absolute Gasteiger partial charge is 0.413 e. The number of nitrogens with one attached hydrogen (secondary N) is 2. The number of amides is 2. The quantitative estimate of drug-likeness (QED) is 0.656. The Morgan fingerprint density at radius 2 is 1.93 bits per heavy atom. The summed E-state index contributed by atoms with van der Waals surface area (Å²) in [5.74, 6) is 0.123. The van der Waals surface area contributed by atoms with E-state index < -0.39 is 12.2 Å². The third-order valence-electron chi connectivity index (χ3n) is 4.00. The average Bonchev–Trinajstić information content (AvgIpc) is 3.02. The van der Waals surface area contributed by atoms with E-state index >= 15 is 0 Å².